The van der Waals surface area contributed by atoms with E-state index in [1.807, 2.05) is 23.5 Å². The van der Waals surface area contributed by atoms with Gasteiger partial charge in [-0.1, -0.05) is 12.1 Å². The molecule has 118 valence electrons. The molecule has 2 fully saturated rings. The molecule has 1 aromatic heterocycles. The molecule has 3 rings (SSSR count). The van der Waals surface area contributed by atoms with Gasteiger partial charge in [0.1, 0.15) is 0 Å². The van der Waals surface area contributed by atoms with E-state index < -0.39 is 9.84 Å². The van der Waals surface area contributed by atoms with Crippen LogP contribution in [0.4, 0.5) is 0 Å². The van der Waals surface area contributed by atoms with E-state index in [4.69, 9.17) is 4.52 Å². The average molecular weight is 350 g/mol. The zero-order valence-corrected chi connectivity index (χ0v) is 14.3. The predicted octanol–water partition coefficient (Wildman–Crippen LogP) is 0.908. The van der Waals surface area contributed by atoms with E-state index in [9.17, 15) is 8.42 Å². The highest BCUT2D eigenvalue weighted by molar-refractivity contribution is 8.06. The topological polar surface area (TPSA) is 85.1 Å². The van der Waals surface area contributed by atoms with Crippen molar-refractivity contribution in [3.05, 3.63) is 11.7 Å². The van der Waals surface area contributed by atoms with Crippen molar-refractivity contribution in [2.45, 2.75) is 29.9 Å². The maximum atomic E-state index is 11.6. The van der Waals surface area contributed by atoms with E-state index in [-0.39, 0.29) is 22.8 Å². The van der Waals surface area contributed by atoms with Crippen LogP contribution in [0.3, 0.4) is 0 Å². The number of nitrogens with zero attached hydrogens (tertiary/aromatic N) is 2. The van der Waals surface area contributed by atoms with Gasteiger partial charge in [-0.2, -0.15) is 16.7 Å². The Kier molecular flexibility index (Phi) is 4.82. The Morgan fingerprint density at radius 1 is 1.38 bits per heavy atom. The highest BCUT2D eigenvalue weighted by atomic mass is 32.2. The zero-order chi connectivity index (χ0) is 14.9. The van der Waals surface area contributed by atoms with Gasteiger partial charge in [-0.05, 0) is 0 Å². The van der Waals surface area contributed by atoms with Gasteiger partial charge in [0.2, 0.25) is 5.89 Å². The van der Waals surface area contributed by atoms with Crippen LogP contribution >= 0.6 is 23.5 Å². The number of aromatic nitrogens is 2. The molecule has 6 nitrogen and oxygen atoms in total. The van der Waals surface area contributed by atoms with E-state index in [2.05, 4.69) is 22.4 Å². The molecule has 0 amide bonds. The molecule has 0 bridgehead atoms. The third kappa shape index (κ3) is 3.94. The Balaban J connectivity index is 1.65. The summed E-state index contributed by atoms with van der Waals surface area (Å²) in [6.07, 6.45) is 0.477. The van der Waals surface area contributed by atoms with Crippen molar-refractivity contribution in [2.75, 3.05) is 29.6 Å². The van der Waals surface area contributed by atoms with Crippen LogP contribution in [-0.2, 0) is 16.3 Å². The summed E-state index contributed by atoms with van der Waals surface area (Å²) in [6.45, 7) is 2.69. The molecule has 1 aromatic rings. The first kappa shape index (κ1) is 15.6. The predicted molar refractivity (Wildman–Crippen MR) is 85.6 cm³/mol. The Labute approximate surface area is 133 Å². The molecule has 9 heteroatoms. The lowest BCUT2D eigenvalue weighted by atomic mass is 10.2. The molecule has 3 unspecified atom stereocenters. The molecule has 1 N–H and O–H groups in total. The minimum absolute atomic E-state index is 0.122. The second-order valence-electron chi connectivity index (χ2n) is 5.38. The molecule has 3 heterocycles. The van der Waals surface area contributed by atoms with Crippen LogP contribution in [0.15, 0.2) is 4.52 Å². The minimum Gasteiger partial charge on any atom is -0.339 e. The lowest BCUT2D eigenvalue weighted by Gasteiger charge is -2.24. The summed E-state index contributed by atoms with van der Waals surface area (Å²) in [5.41, 5.74) is 0. The van der Waals surface area contributed by atoms with E-state index in [1.165, 1.54) is 0 Å². The van der Waals surface area contributed by atoms with Gasteiger partial charge < -0.3 is 9.84 Å². The van der Waals surface area contributed by atoms with Crippen LogP contribution in [0, 0.1) is 0 Å². The number of sulfone groups is 1. The first-order valence-electron chi connectivity index (χ1n) is 7.03. The standard InChI is InChI=1S/C12H19N3O3S3/c1-8-11(20-4-3-19-8)12-14-10(18-15-12)6-9-7-21(16,17)5-2-13-9/h8-9,11,13H,2-7H2,1H3. The van der Waals surface area contributed by atoms with Crippen LogP contribution in [0.5, 0.6) is 0 Å². The number of nitrogens with one attached hydrogen (secondary N) is 1. The second kappa shape index (κ2) is 6.47. The van der Waals surface area contributed by atoms with Crippen molar-refractivity contribution < 1.29 is 12.9 Å². The van der Waals surface area contributed by atoms with E-state index in [1.54, 1.807) is 0 Å². The average Bonchev–Trinajstić information content (AvgIpc) is 2.86. The second-order valence-corrected chi connectivity index (χ2v) is 10.3. The summed E-state index contributed by atoms with van der Waals surface area (Å²) in [6, 6.07) is -0.122. The quantitative estimate of drug-likeness (QED) is 0.862. The molecule has 3 atom stereocenters. The molecular formula is C12H19N3O3S3. The van der Waals surface area contributed by atoms with Gasteiger partial charge in [-0.3, -0.25) is 0 Å². The summed E-state index contributed by atoms with van der Waals surface area (Å²) >= 11 is 3.80. The molecule has 0 aliphatic carbocycles. The molecule has 2 aliphatic rings. The molecule has 0 spiro atoms. The third-order valence-corrected chi connectivity index (χ3v) is 8.47. The van der Waals surface area contributed by atoms with Crippen LogP contribution in [0.2, 0.25) is 0 Å². The van der Waals surface area contributed by atoms with Crippen LogP contribution in [-0.4, -0.2) is 59.4 Å². The summed E-state index contributed by atoms with van der Waals surface area (Å²) in [4.78, 5) is 4.48. The van der Waals surface area contributed by atoms with Gasteiger partial charge in [-0.25, -0.2) is 8.42 Å². The van der Waals surface area contributed by atoms with Gasteiger partial charge in [0.05, 0.1) is 16.8 Å². The molecule has 0 radical (unpaired) electrons. The van der Waals surface area contributed by atoms with Crippen LogP contribution in [0.1, 0.15) is 23.9 Å². The normalized spacial score (nSPS) is 32.9. The number of thioether (sulfide) groups is 2. The van der Waals surface area contributed by atoms with Gasteiger partial charge in [-0.15, -0.1) is 11.8 Å². The molecule has 0 saturated carbocycles. The zero-order valence-electron chi connectivity index (χ0n) is 11.8. The van der Waals surface area contributed by atoms with E-state index >= 15 is 0 Å². The largest absolute Gasteiger partial charge is 0.339 e. The Morgan fingerprint density at radius 2 is 2.19 bits per heavy atom. The fraction of sp³-hybridized carbons (Fsp3) is 0.833. The van der Waals surface area contributed by atoms with Crippen molar-refractivity contribution >= 4 is 33.4 Å². The number of rotatable bonds is 3. The first-order chi connectivity index (χ1) is 10.0. The Hall–Kier alpha value is -0.250. The summed E-state index contributed by atoms with van der Waals surface area (Å²) in [5.74, 6) is 3.90. The Morgan fingerprint density at radius 3 is 2.95 bits per heavy atom. The summed E-state index contributed by atoms with van der Waals surface area (Å²) in [7, 11) is -2.93. The highest BCUT2D eigenvalue weighted by Gasteiger charge is 2.30. The van der Waals surface area contributed by atoms with Crippen LogP contribution < -0.4 is 5.32 Å². The first-order valence-corrected chi connectivity index (χ1v) is 10.9. The molecular weight excluding hydrogens is 330 g/mol. The highest BCUT2D eigenvalue weighted by Crippen LogP contribution is 2.41. The third-order valence-electron chi connectivity index (χ3n) is 3.65. The molecule has 21 heavy (non-hydrogen) atoms. The maximum absolute atomic E-state index is 11.6. The smallest absolute Gasteiger partial charge is 0.228 e. The summed E-state index contributed by atoms with van der Waals surface area (Å²) < 4.78 is 28.6. The maximum Gasteiger partial charge on any atom is 0.228 e. The van der Waals surface area contributed by atoms with Crippen LogP contribution in [0.25, 0.3) is 0 Å². The number of hydrogen-bond donors (Lipinski definition) is 1. The Bertz CT molecular complexity index is 590. The molecule has 2 aliphatic heterocycles. The van der Waals surface area contributed by atoms with Gasteiger partial charge in [0, 0.05) is 35.8 Å². The van der Waals surface area contributed by atoms with Gasteiger partial charge in [0.15, 0.2) is 15.7 Å². The van der Waals surface area contributed by atoms with Crippen molar-refractivity contribution in [2.24, 2.45) is 0 Å². The van der Waals surface area contributed by atoms with E-state index in [0.29, 0.717) is 24.1 Å². The lowest BCUT2D eigenvalue weighted by Crippen LogP contribution is -2.46. The fourth-order valence-corrected chi connectivity index (χ4v) is 6.72. The van der Waals surface area contributed by atoms with Gasteiger partial charge >= 0.3 is 0 Å². The lowest BCUT2D eigenvalue weighted by molar-refractivity contribution is 0.356. The summed E-state index contributed by atoms with van der Waals surface area (Å²) in [5, 5.41) is 8.04. The van der Waals surface area contributed by atoms with Crippen molar-refractivity contribution in [3.8, 4) is 0 Å². The number of hydrogen-bond acceptors (Lipinski definition) is 8. The fourth-order valence-electron chi connectivity index (χ4n) is 2.59. The van der Waals surface area contributed by atoms with E-state index in [0.717, 1.165) is 17.3 Å². The van der Waals surface area contributed by atoms with Gasteiger partial charge in [0.25, 0.3) is 0 Å². The van der Waals surface area contributed by atoms with Crippen molar-refractivity contribution in [3.63, 3.8) is 0 Å². The monoisotopic (exact) mass is 349 g/mol. The SMILES string of the molecule is CC1SCCSC1c1noc(CC2CS(=O)(=O)CCN2)n1. The van der Waals surface area contributed by atoms with Crippen molar-refractivity contribution in [1.82, 2.24) is 15.5 Å². The van der Waals surface area contributed by atoms with Crippen molar-refractivity contribution in [1.29, 1.82) is 0 Å². The minimum atomic E-state index is -2.93. The molecule has 2 saturated heterocycles. The molecule has 0 aromatic carbocycles.